The molecule has 1 saturated heterocycles. The third-order valence-corrected chi connectivity index (χ3v) is 7.12. The number of thioether (sulfide) groups is 1. The number of carbonyl (C=O) groups excluding carboxylic acids is 1. The van der Waals surface area contributed by atoms with Crippen molar-refractivity contribution in [1.82, 2.24) is 10.2 Å². The number of hydrogen-bond donors (Lipinski definition) is 2. The number of aryl methyl sites for hydroxylation is 1. The zero-order valence-corrected chi connectivity index (χ0v) is 19.5. The Bertz CT molecular complexity index is 1040. The van der Waals surface area contributed by atoms with Crippen molar-refractivity contribution in [3.05, 3.63) is 70.2 Å². The maximum absolute atomic E-state index is 11.3. The van der Waals surface area contributed by atoms with E-state index >= 15 is 0 Å². The van der Waals surface area contributed by atoms with Crippen LogP contribution in [0.4, 0.5) is 5.69 Å². The molecule has 7 nitrogen and oxygen atoms in total. The lowest BCUT2D eigenvalue weighted by atomic mass is 10.0. The van der Waals surface area contributed by atoms with Crippen LogP contribution in [0.15, 0.2) is 52.9 Å². The monoisotopic (exact) mass is 471 g/mol. The molecule has 1 amide bonds. The zero-order valence-electron chi connectivity index (χ0n) is 17.9. The Labute approximate surface area is 195 Å². The third kappa shape index (κ3) is 5.93. The maximum atomic E-state index is 11.3. The standard InChI is InChI=1S/C23H25N3O4S2/c1-14(28)24-19-9-7-18(8-10-19)22-29-20(13-31-23-26-25-15(2)32-23)11-21(30-22)17-5-3-16(12-27)4-6-17/h3-10,20-22,27H,11-13H2,1-2H3,(H,24,28)/t20-,21+,22+/m0/s1. The Morgan fingerprint density at radius 2 is 1.84 bits per heavy atom. The molecule has 0 spiro atoms. The van der Waals surface area contributed by atoms with Gasteiger partial charge < -0.3 is 19.9 Å². The molecule has 1 aromatic heterocycles. The highest BCUT2D eigenvalue weighted by Crippen LogP contribution is 2.39. The van der Waals surface area contributed by atoms with Crippen molar-refractivity contribution in [3.63, 3.8) is 0 Å². The Morgan fingerprint density at radius 3 is 2.47 bits per heavy atom. The average Bonchev–Trinajstić information content (AvgIpc) is 3.23. The summed E-state index contributed by atoms with van der Waals surface area (Å²) in [7, 11) is 0. The highest BCUT2D eigenvalue weighted by molar-refractivity contribution is 8.01. The SMILES string of the molecule is CC(=O)Nc1ccc([C@@H]2O[C@H](CSc3nnc(C)s3)C[C@H](c3ccc(CO)cc3)O2)cc1. The number of aromatic nitrogens is 2. The smallest absolute Gasteiger partial charge is 0.221 e. The number of nitrogens with one attached hydrogen (secondary N) is 1. The van der Waals surface area contributed by atoms with Crippen LogP contribution in [0.5, 0.6) is 0 Å². The summed E-state index contributed by atoms with van der Waals surface area (Å²) in [6.45, 7) is 3.44. The van der Waals surface area contributed by atoms with Crippen LogP contribution in [0.1, 0.15) is 47.4 Å². The summed E-state index contributed by atoms with van der Waals surface area (Å²) in [5.74, 6) is 0.627. The number of hydrogen-bond acceptors (Lipinski definition) is 8. The molecule has 1 fully saturated rings. The van der Waals surface area contributed by atoms with Crippen LogP contribution in [-0.2, 0) is 20.9 Å². The minimum atomic E-state index is -0.528. The fraction of sp³-hybridized carbons (Fsp3) is 0.348. The lowest BCUT2D eigenvalue weighted by molar-refractivity contribution is -0.245. The number of carbonyl (C=O) groups is 1. The second kappa shape index (κ2) is 10.5. The number of nitrogens with zero attached hydrogens (tertiary/aromatic N) is 2. The largest absolute Gasteiger partial charge is 0.392 e. The maximum Gasteiger partial charge on any atom is 0.221 e. The van der Waals surface area contributed by atoms with E-state index in [1.54, 1.807) is 23.1 Å². The molecule has 1 aliphatic heterocycles. The number of benzene rings is 2. The van der Waals surface area contributed by atoms with Gasteiger partial charge in [-0.2, -0.15) is 0 Å². The van der Waals surface area contributed by atoms with Crippen LogP contribution in [0, 0.1) is 6.92 Å². The van der Waals surface area contributed by atoms with Gasteiger partial charge >= 0.3 is 0 Å². The molecule has 9 heteroatoms. The lowest BCUT2D eigenvalue weighted by Gasteiger charge is -2.36. The van der Waals surface area contributed by atoms with Crippen LogP contribution in [-0.4, -0.2) is 33.1 Å². The van der Waals surface area contributed by atoms with Crippen LogP contribution < -0.4 is 5.32 Å². The molecule has 4 rings (SSSR count). The number of aliphatic hydroxyl groups is 1. The van der Waals surface area contributed by atoms with Crippen molar-refractivity contribution < 1.29 is 19.4 Å². The molecule has 3 atom stereocenters. The summed E-state index contributed by atoms with van der Waals surface area (Å²) in [5.41, 5.74) is 3.53. The highest BCUT2D eigenvalue weighted by Gasteiger charge is 2.32. The fourth-order valence-corrected chi connectivity index (χ4v) is 5.31. The molecule has 0 radical (unpaired) electrons. The van der Waals surface area contributed by atoms with E-state index in [1.807, 2.05) is 55.5 Å². The molecule has 0 bridgehead atoms. The number of aliphatic hydroxyl groups excluding tert-OH is 1. The second-order valence-electron chi connectivity index (χ2n) is 7.55. The highest BCUT2D eigenvalue weighted by atomic mass is 32.2. The second-order valence-corrected chi connectivity index (χ2v) is 10.0. The third-order valence-electron chi connectivity index (χ3n) is 5.02. The molecule has 3 aromatic rings. The Morgan fingerprint density at radius 1 is 1.12 bits per heavy atom. The first kappa shape index (κ1) is 22.9. The first-order valence-corrected chi connectivity index (χ1v) is 12.1. The van der Waals surface area contributed by atoms with E-state index < -0.39 is 6.29 Å². The molecule has 0 aliphatic carbocycles. The van der Waals surface area contributed by atoms with Gasteiger partial charge in [0.1, 0.15) is 5.01 Å². The topological polar surface area (TPSA) is 93.6 Å². The van der Waals surface area contributed by atoms with Gasteiger partial charge in [-0.3, -0.25) is 4.79 Å². The Kier molecular flexibility index (Phi) is 7.54. The number of amides is 1. The van der Waals surface area contributed by atoms with Gasteiger partial charge in [-0.15, -0.1) is 10.2 Å². The van der Waals surface area contributed by atoms with Crippen molar-refractivity contribution in [2.75, 3.05) is 11.1 Å². The van der Waals surface area contributed by atoms with Crippen LogP contribution >= 0.6 is 23.1 Å². The van der Waals surface area contributed by atoms with E-state index in [1.165, 1.54) is 6.92 Å². The fourth-order valence-electron chi connectivity index (χ4n) is 3.45. The summed E-state index contributed by atoms with van der Waals surface area (Å²) in [4.78, 5) is 11.3. The van der Waals surface area contributed by atoms with Gasteiger partial charge in [0.2, 0.25) is 5.91 Å². The van der Waals surface area contributed by atoms with Gasteiger partial charge in [0.15, 0.2) is 10.6 Å². The number of rotatable bonds is 7. The van der Waals surface area contributed by atoms with E-state index in [0.717, 1.165) is 37.5 Å². The summed E-state index contributed by atoms with van der Waals surface area (Å²) in [6, 6.07) is 15.3. The summed E-state index contributed by atoms with van der Waals surface area (Å²) < 4.78 is 13.6. The number of anilines is 1. The minimum absolute atomic E-state index is 0.0126. The van der Waals surface area contributed by atoms with Gasteiger partial charge in [-0.25, -0.2) is 0 Å². The first-order valence-electron chi connectivity index (χ1n) is 10.3. The van der Waals surface area contributed by atoms with E-state index in [4.69, 9.17) is 9.47 Å². The van der Waals surface area contributed by atoms with Crippen molar-refractivity contribution in [3.8, 4) is 0 Å². The van der Waals surface area contributed by atoms with Crippen LogP contribution in [0.2, 0.25) is 0 Å². The van der Waals surface area contributed by atoms with E-state index in [-0.39, 0.29) is 24.7 Å². The summed E-state index contributed by atoms with van der Waals surface area (Å²) in [6.07, 6.45) is 0.00201. The normalized spacial score (nSPS) is 20.8. The zero-order chi connectivity index (χ0) is 22.5. The molecule has 1 aliphatic rings. The van der Waals surface area contributed by atoms with E-state index in [0.29, 0.717) is 6.42 Å². The molecular weight excluding hydrogens is 446 g/mol. The van der Waals surface area contributed by atoms with Gasteiger partial charge in [0.05, 0.1) is 18.8 Å². The molecule has 0 saturated carbocycles. The van der Waals surface area contributed by atoms with Gasteiger partial charge in [-0.05, 0) is 30.2 Å². The summed E-state index contributed by atoms with van der Waals surface area (Å²) in [5, 5.41) is 21.3. The first-order chi connectivity index (χ1) is 15.5. The van der Waals surface area contributed by atoms with Gasteiger partial charge in [0, 0.05) is 30.3 Å². The molecule has 168 valence electrons. The molecule has 2 N–H and O–H groups in total. The molecular formula is C23H25N3O4S2. The molecule has 0 unspecified atom stereocenters. The average molecular weight is 472 g/mol. The molecule has 32 heavy (non-hydrogen) atoms. The van der Waals surface area contributed by atoms with Gasteiger partial charge in [-0.1, -0.05) is 59.5 Å². The predicted octanol–water partition coefficient (Wildman–Crippen LogP) is 4.63. The molecule has 2 aromatic carbocycles. The molecule has 2 heterocycles. The quantitative estimate of drug-likeness (QED) is 0.485. The summed E-state index contributed by atoms with van der Waals surface area (Å²) >= 11 is 3.22. The Hall–Kier alpha value is -2.30. The van der Waals surface area contributed by atoms with Crippen LogP contribution in [0.25, 0.3) is 0 Å². The minimum Gasteiger partial charge on any atom is -0.392 e. The number of ether oxygens (including phenoxy) is 2. The van der Waals surface area contributed by atoms with Crippen LogP contribution in [0.3, 0.4) is 0 Å². The van der Waals surface area contributed by atoms with E-state index in [2.05, 4.69) is 15.5 Å². The predicted molar refractivity (Wildman–Crippen MR) is 125 cm³/mol. The lowest BCUT2D eigenvalue weighted by Crippen LogP contribution is -2.31. The van der Waals surface area contributed by atoms with Crippen molar-refractivity contribution in [2.24, 2.45) is 0 Å². The van der Waals surface area contributed by atoms with Crippen molar-refractivity contribution in [2.45, 2.75) is 49.7 Å². The van der Waals surface area contributed by atoms with Crippen molar-refractivity contribution in [1.29, 1.82) is 0 Å². The Balaban J connectivity index is 1.51. The van der Waals surface area contributed by atoms with Crippen molar-refractivity contribution >= 4 is 34.7 Å². The van der Waals surface area contributed by atoms with E-state index in [9.17, 15) is 9.90 Å². The van der Waals surface area contributed by atoms with Gasteiger partial charge in [0.25, 0.3) is 0 Å².